The summed E-state index contributed by atoms with van der Waals surface area (Å²) in [6, 6.07) is 16.1. The topological polar surface area (TPSA) is 201 Å². The van der Waals surface area contributed by atoms with Crippen LogP contribution in [0.2, 0.25) is 15.1 Å². The van der Waals surface area contributed by atoms with Crippen molar-refractivity contribution in [2.75, 3.05) is 87.4 Å². The Morgan fingerprint density at radius 1 is 0.600 bits per heavy atom. The highest BCUT2D eigenvalue weighted by molar-refractivity contribution is 6.32. The van der Waals surface area contributed by atoms with Crippen LogP contribution in [0.25, 0.3) is 32.7 Å². The molecule has 8 rings (SSSR count). The van der Waals surface area contributed by atoms with E-state index < -0.39 is 0 Å². The van der Waals surface area contributed by atoms with Crippen molar-refractivity contribution >= 4 is 114 Å². The molecule has 0 aliphatic carbocycles. The zero-order valence-corrected chi connectivity index (χ0v) is 32.4. The number of rotatable bonds is 8. The number of alkyl halides is 1. The smallest absolute Gasteiger partial charge is 0.240 e. The summed E-state index contributed by atoms with van der Waals surface area (Å²) >= 11 is 23.0. The van der Waals surface area contributed by atoms with E-state index in [-0.39, 0.29) is 23.6 Å². The van der Waals surface area contributed by atoms with Crippen molar-refractivity contribution in [1.82, 2.24) is 45.7 Å². The zero-order chi connectivity index (χ0) is 38.7. The first-order valence-corrected chi connectivity index (χ1v) is 18.9. The van der Waals surface area contributed by atoms with Crippen molar-refractivity contribution in [1.29, 1.82) is 0 Å². The number of anilines is 3. The standard InChI is InChI=1S/C13H16ClN5O.C13H15ClN4O2.C9H7Cl2N3O/c14-9-1-2-10-11(7-9)17-18-13(10)16-12(20)8-19-5-3-15-4-6-19;14-9-1-2-10-11(7-9)16-17-13(10)15-12(19)8-18-3-5-20-6-4-18;10-4-8(15)12-9-6-2-1-5(11)3-7(6)13-14-9/h1-2,7,15H,3-6,8H2,(H2,16,17,18,20);1-2,7H,3-6,8H2,(H2,15,16,17,19);1-3H,4H2,(H2,12,13,14,15). The Balaban J connectivity index is 0.000000142. The number of benzene rings is 3. The summed E-state index contributed by atoms with van der Waals surface area (Å²) in [5, 5.41) is 36.6. The van der Waals surface area contributed by atoms with Crippen LogP contribution in [0.4, 0.5) is 17.5 Å². The first-order chi connectivity index (χ1) is 26.6. The fourth-order valence-corrected chi connectivity index (χ4v) is 6.39. The largest absolute Gasteiger partial charge is 0.379 e. The van der Waals surface area contributed by atoms with Crippen LogP contribution >= 0.6 is 46.4 Å². The van der Waals surface area contributed by atoms with Gasteiger partial charge in [-0.2, -0.15) is 15.3 Å². The van der Waals surface area contributed by atoms with Gasteiger partial charge in [0.1, 0.15) is 5.88 Å². The summed E-state index contributed by atoms with van der Waals surface area (Å²) in [5.41, 5.74) is 2.39. The summed E-state index contributed by atoms with van der Waals surface area (Å²) in [5.74, 6) is 1.05. The molecule has 3 aromatic heterocycles. The maximum absolute atomic E-state index is 12.0. The van der Waals surface area contributed by atoms with E-state index in [9.17, 15) is 14.4 Å². The van der Waals surface area contributed by atoms with E-state index in [1.807, 2.05) is 12.1 Å². The number of piperazine rings is 1. The monoisotopic (exact) mass is 830 g/mol. The van der Waals surface area contributed by atoms with Gasteiger partial charge in [0, 0.05) is 70.5 Å². The van der Waals surface area contributed by atoms with Gasteiger partial charge in [-0.25, -0.2) is 0 Å². The van der Waals surface area contributed by atoms with Gasteiger partial charge >= 0.3 is 0 Å². The van der Waals surface area contributed by atoms with E-state index in [4.69, 9.17) is 51.1 Å². The summed E-state index contributed by atoms with van der Waals surface area (Å²) in [6.45, 7) is 7.31. The molecule has 0 spiro atoms. The first-order valence-electron chi connectivity index (χ1n) is 17.2. The number of halogens is 4. The summed E-state index contributed by atoms with van der Waals surface area (Å²) in [4.78, 5) is 39.3. The van der Waals surface area contributed by atoms with Crippen molar-refractivity contribution in [3.63, 3.8) is 0 Å². The van der Waals surface area contributed by atoms with Gasteiger partial charge in [-0.1, -0.05) is 34.8 Å². The van der Waals surface area contributed by atoms with Crippen LogP contribution in [-0.4, -0.2) is 130 Å². The Morgan fingerprint density at radius 2 is 0.982 bits per heavy atom. The molecule has 0 radical (unpaired) electrons. The van der Waals surface area contributed by atoms with Crippen LogP contribution in [0.15, 0.2) is 54.6 Å². The zero-order valence-electron chi connectivity index (χ0n) is 29.4. The molecular formula is C35H38Cl4N12O4. The van der Waals surface area contributed by atoms with Gasteiger partial charge in [0.2, 0.25) is 17.7 Å². The van der Waals surface area contributed by atoms with Crippen LogP contribution in [-0.2, 0) is 19.1 Å². The van der Waals surface area contributed by atoms with Gasteiger partial charge in [0.15, 0.2) is 17.5 Å². The number of nitrogens with one attached hydrogen (secondary N) is 7. The van der Waals surface area contributed by atoms with Gasteiger partial charge in [-0.15, -0.1) is 11.6 Å². The van der Waals surface area contributed by atoms with E-state index in [0.717, 1.165) is 72.0 Å². The molecule has 7 N–H and O–H groups in total. The first kappa shape index (κ1) is 40.2. The van der Waals surface area contributed by atoms with Crippen molar-refractivity contribution in [2.24, 2.45) is 0 Å². The number of aromatic nitrogens is 6. The van der Waals surface area contributed by atoms with E-state index in [0.29, 0.717) is 58.8 Å². The van der Waals surface area contributed by atoms with E-state index >= 15 is 0 Å². The second kappa shape index (κ2) is 19.4. The average Bonchev–Trinajstić information content (AvgIpc) is 3.89. The molecule has 16 nitrogen and oxygen atoms in total. The van der Waals surface area contributed by atoms with E-state index in [1.54, 1.807) is 42.5 Å². The lowest BCUT2D eigenvalue weighted by Gasteiger charge is -2.26. The lowest BCUT2D eigenvalue weighted by molar-refractivity contribution is -0.118. The molecule has 2 fully saturated rings. The normalized spacial score (nSPS) is 14.8. The van der Waals surface area contributed by atoms with Crippen LogP contribution in [0.1, 0.15) is 0 Å². The Bertz CT molecular complexity index is 2140. The molecule has 2 saturated heterocycles. The number of nitrogens with zero attached hydrogens (tertiary/aromatic N) is 5. The number of aromatic amines is 3. The Kier molecular flexibility index (Phi) is 14.1. The lowest BCUT2D eigenvalue weighted by atomic mass is 10.2. The number of H-pyrrole nitrogens is 3. The number of carbonyl (C=O) groups is 3. The van der Waals surface area contributed by atoms with Crippen LogP contribution in [0.5, 0.6) is 0 Å². The SMILES string of the molecule is O=C(CCl)Nc1n[nH]c2cc(Cl)ccc12.O=C(CN1CCNCC1)Nc1n[nH]c2cc(Cl)ccc12.O=C(CN1CCOCC1)Nc1n[nH]c2cc(Cl)ccc12. The van der Waals surface area contributed by atoms with Crippen LogP contribution in [0, 0.1) is 0 Å². The number of amides is 3. The Labute approximate surface area is 334 Å². The van der Waals surface area contributed by atoms with Gasteiger partial charge in [-0.3, -0.25) is 39.5 Å². The maximum atomic E-state index is 12.0. The number of hydrogen-bond acceptors (Lipinski definition) is 10. The predicted octanol–water partition coefficient (Wildman–Crippen LogP) is 4.94. The average molecular weight is 833 g/mol. The fraction of sp³-hybridized carbons (Fsp3) is 0.314. The van der Waals surface area contributed by atoms with Gasteiger partial charge in [-0.05, 0) is 54.6 Å². The molecular weight excluding hydrogens is 794 g/mol. The highest BCUT2D eigenvalue weighted by Gasteiger charge is 2.17. The molecule has 2 aliphatic rings. The molecule has 3 amide bonds. The number of morpholine rings is 1. The third kappa shape index (κ3) is 11.3. The second-order valence-corrected chi connectivity index (χ2v) is 14.1. The summed E-state index contributed by atoms with van der Waals surface area (Å²) in [6.07, 6.45) is 0. The number of fused-ring (bicyclic) bond motifs is 3. The molecule has 55 heavy (non-hydrogen) atoms. The molecule has 0 atom stereocenters. The molecule has 290 valence electrons. The molecule has 3 aromatic carbocycles. The summed E-state index contributed by atoms with van der Waals surface area (Å²) < 4.78 is 5.25. The quantitative estimate of drug-likeness (QED) is 0.103. The Hall–Kier alpha value is -4.52. The van der Waals surface area contributed by atoms with Crippen molar-refractivity contribution in [2.45, 2.75) is 0 Å². The van der Waals surface area contributed by atoms with Crippen LogP contribution in [0.3, 0.4) is 0 Å². The van der Waals surface area contributed by atoms with Crippen molar-refractivity contribution < 1.29 is 19.1 Å². The van der Waals surface area contributed by atoms with Gasteiger partial charge < -0.3 is 26.0 Å². The molecule has 5 heterocycles. The predicted molar refractivity (Wildman–Crippen MR) is 216 cm³/mol. The second-order valence-electron chi connectivity index (χ2n) is 12.5. The summed E-state index contributed by atoms with van der Waals surface area (Å²) in [7, 11) is 0. The van der Waals surface area contributed by atoms with E-state index in [1.165, 1.54) is 0 Å². The Morgan fingerprint density at radius 3 is 1.38 bits per heavy atom. The molecule has 20 heteroatoms. The van der Waals surface area contributed by atoms with Crippen molar-refractivity contribution in [3.05, 3.63) is 69.7 Å². The molecule has 0 saturated carbocycles. The molecule has 2 aliphatic heterocycles. The maximum Gasteiger partial charge on any atom is 0.240 e. The van der Waals surface area contributed by atoms with Crippen molar-refractivity contribution in [3.8, 4) is 0 Å². The highest BCUT2D eigenvalue weighted by Crippen LogP contribution is 2.25. The van der Waals surface area contributed by atoms with E-state index in [2.05, 4.69) is 61.7 Å². The minimum atomic E-state index is -0.292. The minimum absolute atomic E-state index is 0.0461. The molecule has 6 aromatic rings. The van der Waals surface area contributed by atoms with Gasteiger partial charge in [0.25, 0.3) is 0 Å². The highest BCUT2D eigenvalue weighted by atomic mass is 35.5. The lowest BCUT2D eigenvalue weighted by Crippen LogP contribution is -2.46. The van der Waals surface area contributed by atoms with Crippen LogP contribution < -0.4 is 21.3 Å². The number of hydrogen-bond donors (Lipinski definition) is 7. The fourth-order valence-electron chi connectivity index (χ4n) is 5.80. The third-order valence-electron chi connectivity index (χ3n) is 8.52. The molecule has 0 unspecified atom stereocenters. The number of ether oxygens (including phenoxy) is 1. The minimum Gasteiger partial charge on any atom is -0.379 e. The molecule has 0 bridgehead atoms. The third-order valence-corrected chi connectivity index (χ3v) is 9.47. The number of carbonyl (C=O) groups excluding carboxylic acids is 3. The van der Waals surface area contributed by atoms with Gasteiger partial charge in [0.05, 0.1) is 42.9 Å².